The largest absolute Gasteiger partial charge is 0.465 e. The number of carbonyl (C=O) groups excluding carboxylic acids is 1. The topological polar surface area (TPSA) is 26.3 Å². The van der Waals surface area contributed by atoms with E-state index in [0.717, 1.165) is 12.8 Å². The van der Waals surface area contributed by atoms with E-state index in [-0.39, 0.29) is 17.3 Å². The maximum Gasteiger partial charge on any atom is 0.308 e. The third-order valence-corrected chi connectivity index (χ3v) is 2.62. The lowest BCUT2D eigenvalue weighted by atomic mass is 9.77. The molecule has 1 saturated heterocycles. The minimum Gasteiger partial charge on any atom is -0.465 e. The zero-order valence-corrected chi connectivity index (χ0v) is 8.22. The van der Waals surface area contributed by atoms with Gasteiger partial charge in [-0.15, -0.1) is 0 Å². The molecule has 0 spiro atoms. The van der Waals surface area contributed by atoms with Crippen molar-refractivity contribution in [1.82, 2.24) is 0 Å². The van der Waals surface area contributed by atoms with E-state index in [1.807, 2.05) is 6.92 Å². The average molecular weight is 170 g/mol. The highest BCUT2D eigenvalue weighted by Crippen LogP contribution is 2.35. The van der Waals surface area contributed by atoms with E-state index in [0.29, 0.717) is 6.61 Å². The minimum atomic E-state index is -0.0245. The first-order chi connectivity index (χ1) is 5.57. The van der Waals surface area contributed by atoms with Gasteiger partial charge < -0.3 is 4.74 Å². The van der Waals surface area contributed by atoms with Crippen LogP contribution in [0.25, 0.3) is 0 Å². The van der Waals surface area contributed by atoms with Crippen LogP contribution in [0, 0.1) is 11.3 Å². The summed E-state index contributed by atoms with van der Waals surface area (Å²) in [5, 5.41) is 0. The van der Waals surface area contributed by atoms with Crippen LogP contribution < -0.4 is 0 Å². The van der Waals surface area contributed by atoms with Gasteiger partial charge in [0.1, 0.15) is 0 Å². The number of hydrogen-bond acceptors (Lipinski definition) is 2. The highest BCUT2D eigenvalue weighted by molar-refractivity contribution is 5.72. The van der Waals surface area contributed by atoms with Gasteiger partial charge in [-0.25, -0.2) is 0 Å². The van der Waals surface area contributed by atoms with Crippen LogP contribution in [0.15, 0.2) is 0 Å². The molecular formula is C10H18O2. The second kappa shape index (κ2) is 3.46. The molecule has 12 heavy (non-hydrogen) atoms. The smallest absolute Gasteiger partial charge is 0.308 e. The zero-order valence-electron chi connectivity index (χ0n) is 8.22. The molecule has 1 rings (SSSR count). The molecule has 0 bridgehead atoms. The van der Waals surface area contributed by atoms with Gasteiger partial charge >= 0.3 is 5.97 Å². The van der Waals surface area contributed by atoms with Crippen molar-refractivity contribution >= 4 is 5.97 Å². The van der Waals surface area contributed by atoms with Crippen LogP contribution in [0.5, 0.6) is 0 Å². The Morgan fingerprint density at radius 3 is 2.83 bits per heavy atom. The van der Waals surface area contributed by atoms with Crippen LogP contribution in [0.4, 0.5) is 0 Å². The summed E-state index contributed by atoms with van der Waals surface area (Å²) in [6, 6.07) is 0. The van der Waals surface area contributed by atoms with Crippen LogP contribution >= 0.6 is 0 Å². The lowest BCUT2D eigenvalue weighted by Gasteiger charge is -2.35. The molecule has 0 aromatic carbocycles. The molecule has 1 aliphatic rings. The van der Waals surface area contributed by atoms with Crippen molar-refractivity contribution in [2.45, 2.75) is 40.0 Å². The second-order valence-electron chi connectivity index (χ2n) is 4.27. The van der Waals surface area contributed by atoms with Gasteiger partial charge in [-0.1, -0.05) is 27.2 Å². The summed E-state index contributed by atoms with van der Waals surface area (Å²) in [4.78, 5) is 11.1. The Hall–Kier alpha value is -0.530. The van der Waals surface area contributed by atoms with E-state index in [1.54, 1.807) is 0 Å². The molecule has 0 aromatic rings. The Morgan fingerprint density at radius 2 is 2.33 bits per heavy atom. The first kappa shape index (κ1) is 9.56. The van der Waals surface area contributed by atoms with Gasteiger partial charge in [-0.2, -0.15) is 0 Å². The van der Waals surface area contributed by atoms with Gasteiger partial charge in [-0.05, 0) is 12.8 Å². The summed E-state index contributed by atoms with van der Waals surface area (Å²) in [5.74, 6) is 0.0684. The van der Waals surface area contributed by atoms with Gasteiger partial charge in [0.25, 0.3) is 0 Å². The molecule has 1 heterocycles. The summed E-state index contributed by atoms with van der Waals surface area (Å²) in [6.07, 6.45) is 3.31. The molecule has 1 fully saturated rings. The van der Waals surface area contributed by atoms with Crippen LogP contribution in [-0.2, 0) is 9.53 Å². The number of cyclic esters (lactones) is 1. The fourth-order valence-corrected chi connectivity index (χ4v) is 2.05. The number of esters is 1. The van der Waals surface area contributed by atoms with E-state index in [1.165, 1.54) is 6.42 Å². The molecule has 2 unspecified atom stereocenters. The third kappa shape index (κ3) is 1.99. The minimum absolute atomic E-state index is 0.0245. The zero-order chi connectivity index (χ0) is 9.19. The van der Waals surface area contributed by atoms with E-state index < -0.39 is 0 Å². The first-order valence-corrected chi connectivity index (χ1v) is 4.74. The molecule has 1 aliphatic heterocycles. The number of ether oxygens (including phenoxy) is 1. The van der Waals surface area contributed by atoms with E-state index in [2.05, 4.69) is 13.8 Å². The summed E-state index contributed by atoms with van der Waals surface area (Å²) < 4.78 is 5.12. The SMILES string of the molecule is CCCC1(C)COC(=O)C(C)C1. The maximum atomic E-state index is 11.1. The van der Waals surface area contributed by atoms with Gasteiger partial charge in [-0.3, -0.25) is 4.79 Å². The molecule has 2 nitrogen and oxygen atoms in total. The van der Waals surface area contributed by atoms with Gasteiger partial charge in [0, 0.05) is 5.41 Å². The second-order valence-corrected chi connectivity index (χ2v) is 4.27. The van der Waals surface area contributed by atoms with Crippen molar-refractivity contribution in [3.63, 3.8) is 0 Å². The normalized spacial score (nSPS) is 36.2. The third-order valence-electron chi connectivity index (χ3n) is 2.62. The summed E-state index contributed by atoms with van der Waals surface area (Å²) in [7, 11) is 0. The molecule has 0 aromatic heterocycles. The standard InChI is InChI=1S/C10H18O2/c1-4-5-10(3)6-8(2)9(11)12-7-10/h8H,4-7H2,1-3H3. The Balaban J connectivity index is 2.54. The molecule has 70 valence electrons. The molecule has 2 heteroatoms. The number of rotatable bonds is 2. The molecule has 0 radical (unpaired) electrons. The molecule has 2 atom stereocenters. The molecule has 0 aliphatic carbocycles. The predicted molar refractivity (Wildman–Crippen MR) is 47.8 cm³/mol. The Morgan fingerprint density at radius 1 is 1.67 bits per heavy atom. The monoisotopic (exact) mass is 170 g/mol. The first-order valence-electron chi connectivity index (χ1n) is 4.74. The van der Waals surface area contributed by atoms with Crippen molar-refractivity contribution < 1.29 is 9.53 Å². The Bertz CT molecular complexity index is 177. The quantitative estimate of drug-likeness (QED) is 0.595. The molecule has 0 amide bonds. The fraction of sp³-hybridized carbons (Fsp3) is 0.900. The highest BCUT2D eigenvalue weighted by Gasteiger charge is 2.35. The van der Waals surface area contributed by atoms with Crippen molar-refractivity contribution in [2.75, 3.05) is 6.61 Å². The average Bonchev–Trinajstić information content (AvgIpc) is 1.98. The van der Waals surface area contributed by atoms with Crippen molar-refractivity contribution in [1.29, 1.82) is 0 Å². The van der Waals surface area contributed by atoms with Gasteiger partial charge in [0.2, 0.25) is 0 Å². The van der Waals surface area contributed by atoms with E-state index in [9.17, 15) is 4.79 Å². The van der Waals surface area contributed by atoms with Gasteiger partial charge in [0.05, 0.1) is 12.5 Å². The fourth-order valence-electron chi connectivity index (χ4n) is 2.05. The summed E-state index contributed by atoms with van der Waals surface area (Å²) >= 11 is 0. The molecule has 0 N–H and O–H groups in total. The van der Waals surface area contributed by atoms with Crippen LogP contribution in [0.1, 0.15) is 40.0 Å². The van der Waals surface area contributed by atoms with Crippen LogP contribution in [-0.4, -0.2) is 12.6 Å². The van der Waals surface area contributed by atoms with Crippen LogP contribution in [0.2, 0.25) is 0 Å². The van der Waals surface area contributed by atoms with Crippen molar-refractivity contribution in [2.24, 2.45) is 11.3 Å². The van der Waals surface area contributed by atoms with Crippen LogP contribution in [0.3, 0.4) is 0 Å². The Labute approximate surface area is 74.3 Å². The lowest BCUT2D eigenvalue weighted by Crippen LogP contribution is -2.36. The van der Waals surface area contributed by atoms with E-state index >= 15 is 0 Å². The number of carbonyl (C=O) groups is 1. The summed E-state index contributed by atoms with van der Waals surface area (Å²) in [5.41, 5.74) is 0.238. The highest BCUT2D eigenvalue weighted by atomic mass is 16.5. The van der Waals surface area contributed by atoms with Crippen molar-refractivity contribution in [3.05, 3.63) is 0 Å². The summed E-state index contributed by atoms with van der Waals surface area (Å²) in [6.45, 7) is 6.95. The van der Waals surface area contributed by atoms with E-state index in [4.69, 9.17) is 4.74 Å². The maximum absolute atomic E-state index is 11.1. The van der Waals surface area contributed by atoms with Crippen molar-refractivity contribution in [3.8, 4) is 0 Å². The molecule has 0 saturated carbocycles. The van der Waals surface area contributed by atoms with Gasteiger partial charge in [0.15, 0.2) is 0 Å². The Kier molecular flexibility index (Phi) is 2.76. The number of hydrogen-bond donors (Lipinski definition) is 0. The predicted octanol–water partition coefficient (Wildman–Crippen LogP) is 2.38. The molecular weight excluding hydrogens is 152 g/mol. The lowest BCUT2D eigenvalue weighted by molar-refractivity contribution is -0.160.